The maximum atomic E-state index is 5.95. The molecule has 1 aliphatic heterocycles. The number of hydrogen-bond donors (Lipinski definition) is 1. The van der Waals surface area contributed by atoms with Crippen molar-refractivity contribution >= 4 is 0 Å². The minimum atomic E-state index is 0.0227. The smallest absolute Gasteiger partial charge is 0.119 e. The second-order valence-electron chi connectivity index (χ2n) is 5.62. The van der Waals surface area contributed by atoms with Crippen LogP contribution in [0, 0.1) is 5.41 Å². The molecule has 0 saturated carbocycles. The lowest BCUT2D eigenvalue weighted by Gasteiger charge is -2.52. The minimum absolute atomic E-state index is 0.0227. The van der Waals surface area contributed by atoms with Gasteiger partial charge in [-0.05, 0) is 36.6 Å². The van der Waals surface area contributed by atoms with E-state index in [-0.39, 0.29) is 10.8 Å². The highest BCUT2D eigenvalue weighted by atomic mass is 16.5. The fourth-order valence-electron chi connectivity index (χ4n) is 2.50. The highest BCUT2D eigenvalue weighted by Gasteiger charge is 2.51. The van der Waals surface area contributed by atoms with E-state index in [9.17, 15) is 0 Å². The Bertz CT molecular complexity index is 411. The first-order valence-corrected chi connectivity index (χ1v) is 6.57. The van der Waals surface area contributed by atoms with Crippen molar-refractivity contribution in [2.75, 3.05) is 26.4 Å². The van der Waals surface area contributed by atoms with Crippen LogP contribution in [-0.4, -0.2) is 26.4 Å². The summed E-state index contributed by atoms with van der Waals surface area (Å²) in [6.45, 7) is 9.24. The van der Waals surface area contributed by atoms with Crippen molar-refractivity contribution in [2.24, 2.45) is 11.1 Å². The standard InChI is InChI=1S/C15H23NO2/c1-4-18-13-7-5-6-12(8-13)15(10-17-11-15)14(2,3)9-16/h5-8H,4,9-11,16H2,1-3H3. The maximum Gasteiger partial charge on any atom is 0.119 e. The van der Waals surface area contributed by atoms with Crippen molar-refractivity contribution in [3.8, 4) is 5.75 Å². The molecule has 0 atom stereocenters. The molecule has 1 fully saturated rings. The lowest BCUT2D eigenvalue weighted by molar-refractivity contribution is -0.116. The van der Waals surface area contributed by atoms with E-state index >= 15 is 0 Å². The number of nitrogens with two attached hydrogens (primary N) is 1. The van der Waals surface area contributed by atoms with Crippen LogP contribution in [0.4, 0.5) is 0 Å². The predicted octanol–water partition coefficient (Wildman–Crippen LogP) is 2.34. The molecule has 1 aromatic carbocycles. The molecule has 1 aliphatic rings. The third-order valence-electron chi connectivity index (χ3n) is 4.20. The first-order chi connectivity index (χ1) is 8.55. The second-order valence-corrected chi connectivity index (χ2v) is 5.62. The van der Waals surface area contributed by atoms with Crippen LogP contribution in [0.3, 0.4) is 0 Å². The van der Waals surface area contributed by atoms with Crippen molar-refractivity contribution in [2.45, 2.75) is 26.2 Å². The highest BCUT2D eigenvalue weighted by molar-refractivity contribution is 5.37. The summed E-state index contributed by atoms with van der Waals surface area (Å²) in [4.78, 5) is 0. The summed E-state index contributed by atoms with van der Waals surface area (Å²) in [7, 11) is 0. The Kier molecular flexibility index (Phi) is 3.64. The first-order valence-electron chi connectivity index (χ1n) is 6.57. The number of ether oxygens (including phenoxy) is 2. The van der Waals surface area contributed by atoms with Crippen LogP contribution in [0.25, 0.3) is 0 Å². The summed E-state index contributed by atoms with van der Waals surface area (Å²) in [5.41, 5.74) is 7.27. The molecule has 100 valence electrons. The molecule has 18 heavy (non-hydrogen) atoms. The van der Waals surface area contributed by atoms with Gasteiger partial charge < -0.3 is 15.2 Å². The average Bonchev–Trinajstić information content (AvgIpc) is 2.28. The molecule has 3 nitrogen and oxygen atoms in total. The zero-order valence-electron chi connectivity index (χ0n) is 11.5. The summed E-state index contributed by atoms with van der Waals surface area (Å²) >= 11 is 0. The van der Waals surface area contributed by atoms with Gasteiger partial charge in [-0.2, -0.15) is 0 Å². The van der Waals surface area contributed by atoms with E-state index in [0.717, 1.165) is 19.0 Å². The van der Waals surface area contributed by atoms with E-state index in [2.05, 4.69) is 26.0 Å². The maximum absolute atomic E-state index is 5.95. The summed E-state index contributed by atoms with van der Waals surface area (Å²) in [5, 5.41) is 0. The minimum Gasteiger partial charge on any atom is -0.494 e. The topological polar surface area (TPSA) is 44.5 Å². The van der Waals surface area contributed by atoms with Crippen LogP contribution in [0.1, 0.15) is 26.3 Å². The third-order valence-corrected chi connectivity index (χ3v) is 4.20. The van der Waals surface area contributed by atoms with Crippen LogP contribution in [0.2, 0.25) is 0 Å². The Balaban J connectivity index is 2.36. The van der Waals surface area contributed by atoms with Crippen LogP contribution >= 0.6 is 0 Å². The van der Waals surface area contributed by atoms with Gasteiger partial charge in [0.25, 0.3) is 0 Å². The van der Waals surface area contributed by atoms with Gasteiger partial charge >= 0.3 is 0 Å². The molecule has 2 rings (SSSR count). The Morgan fingerprint density at radius 3 is 2.61 bits per heavy atom. The summed E-state index contributed by atoms with van der Waals surface area (Å²) in [5.74, 6) is 0.925. The van der Waals surface area contributed by atoms with Crippen molar-refractivity contribution in [3.05, 3.63) is 29.8 Å². The van der Waals surface area contributed by atoms with E-state index in [1.807, 2.05) is 19.1 Å². The number of benzene rings is 1. The Labute approximate surface area is 109 Å². The molecule has 0 bridgehead atoms. The van der Waals surface area contributed by atoms with Gasteiger partial charge in [-0.3, -0.25) is 0 Å². The predicted molar refractivity (Wildman–Crippen MR) is 72.9 cm³/mol. The van der Waals surface area contributed by atoms with Gasteiger partial charge in [0, 0.05) is 5.41 Å². The molecular formula is C15H23NO2. The van der Waals surface area contributed by atoms with Crippen molar-refractivity contribution < 1.29 is 9.47 Å². The molecule has 0 amide bonds. The van der Waals surface area contributed by atoms with E-state index in [4.69, 9.17) is 15.2 Å². The Morgan fingerprint density at radius 1 is 1.39 bits per heavy atom. The highest BCUT2D eigenvalue weighted by Crippen LogP contribution is 2.47. The molecule has 1 heterocycles. The molecule has 0 aliphatic carbocycles. The molecule has 0 radical (unpaired) electrons. The SMILES string of the molecule is CCOc1cccc(C2(C(C)(C)CN)COC2)c1. The molecule has 2 N–H and O–H groups in total. The van der Waals surface area contributed by atoms with Gasteiger partial charge in [-0.1, -0.05) is 26.0 Å². The Morgan fingerprint density at radius 2 is 2.11 bits per heavy atom. The van der Waals surface area contributed by atoms with E-state index in [1.165, 1.54) is 5.56 Å². The molecule has 0 unspecified atom stereocenters. The van der Waals surface area contributed by atoms with E-state index in [0.29, 0.717) is 13.2 Å². The zero-order valence-corrected chi connectivity index (χ0v) is 11.5. The molecule has 3 heteroatoms. The van der Waals surface area contributed by atoms with Gasteiger partial charge in [-0.15, -0.1) is 0 Å². The fraction of sp³-hybridized carbons (Fsp3) is 0.600. The van der Waals surface area contributed by atoms with Crippen LogP contribution in [-0.2, 0) is 10.2 Å². The molecule has 0 aromatic heterocycles. The molecule has 1 saturated heterocycles. The summed E-state index contributed by atoms with van der Waals surface area (Å²) in [6.07, 6.45) is 0. The quantitative estimate of drug-likeness (QED) is 0.871. The Hall–Kier alpha value is -1.06. The molecule has 0 spiro atoms. The van der Waals surface area contributed by atoms with Crippen LogP contribution in [0.5, 0.6) is 5.75 Å². The van der Waals surface area contributed by atoms with Gasteiger partial charge in [0.1, 0.15) is 5.75 Å². The molecule has 1 aromatic rings. The number of hydrogen-bond acceptors (Lipinski definition) is 3. The first kappa shape index (κ1) is 13.4. The van der Waals surface area contributed by atoms with Crippen LogP contribution < -0.4 is 10.5 Å². The van der Waals surface area contributed by atoms with E-state index in [1.54, 1.807) is 0 Å². The monoisotopic (exact) mass is 249 g/mol. The van der Waals surface area contributed by atoms with E-state index < -0.39 is 0 Å². The largest absolute Gasteiger partial charge is 0.494 e. The number of rotatable bonds is 5. The second kappa shape index (κ2) is 4.90. The third kappa shape index (κ3) is 2.02. The zero-order chi connectivity index (χ0) is 13.2. The van der Waals surface area contributed by atoms with Crippen LogP contribution in [0.15, 0.2) is 24.3 Å². The fourth-order valence-corrected chi connectivity index (χ4v) is 2.50. The van der Waals surface area contributed by atoms with Crippen molar-refractivity contribution in [1.82, 2.24) is 0 Å². The summed E-state index contributed by atoms with van der Waals surface area (Å²) in [6, 6.07) is 8.33. The van der Waals surface area contributed by atoms with Gasteiger partial charge in [-0.25, -0.2) is 0 Å². The van der Waals surface area contributed by atoms with Gasteiger partial charge in [0.05, 0.1) is 19.8 Å². The van der Waals surface area contributed by atoms with Crippen molar-refractivity contribution in [1.29, 1.82) is 0 Å². The normalized spacial score (nSPS) is 18.2. The van der Waals surface area contributed by atoms with Crippen molar-refractivity contribution in [3.63, 3.8) is 0 Å². The van der Waals surface area contributed by atoms with Gasteiger partial charge in [0.15, 0.2) is 0 Å². The molecular weight excluding hydrogens is 226 g/mol. The summed E-state index contributed by atoms with van der Waals surface area (Å²) < 4.78 is 11.1. The lowest BCUT2D eigenvalue weighted by Crippen LogP contribution is -2.59. The average molecular weight is 249 g/mol. The lowest BCUT2D eigenvalue weighted by atomic mass is 9.60. The van der Waals surface area contributed by atoms with Gasteiger partial charge in [0.2, 0.25) is 0 Å².